The molecule has 3 rings (SSSR count). The number of para-hydroxylation sites is 1. The second kappa shape index (κ2) is 7.09. The zero-order chi connectivity index (χ0) is 16.1. The molecule has 3 nitrogen and oxygen atoms in total. The van der Waals surface area contributed by atoms with Gasteiger partial charge in [-0.3, -0.25) is 4.79 Å². The quantitative estimate of drug-likeness (QED) is 0.718. The minimum absolute atomic E-state index is 0.00776. The monoisotopic (exact) mass is 310 g/mol. The standard InChI is InChI=1S/C19H19FN2O/c20-17-7-3-1-5-14(17)11-12-21-19(23)10-9-15-13-22-18-8-4-2-6-16(15)18/h1-8,13,22H,9-12H2,(H,21,23). The number of nitrogens with one attached hydrogen (secondary N) is 2. The highest BCUT2D eigenvalue weighted by Crippen LogP contribution is 2.18. The minimum Gasteiger partial charge on any atom is -0.361 e. The van der Waals surface area contributed by atoms with E-state index in [0.29, 0.717) is 31.4 Å². The van der Waals surface area contributed by atoms with Gasteiger partial charge in [-0.2, -0.15) is 0 Å². The number of halogens is 1. The van der Waals surface area contributed by atoms with Gasteiger partial charge < -0.3 is 10.3 Å². The van der Waals surface area contributed by atoms with Crippen molar-refractivity contribution < 1.29 is 9.18 Å². The fraction of sp³-hybridized carbons (Fsp3) is 0.211. The first kappa shape index (κ1) is 15.3. The molecule has 1 heterocycles. The van der Waals surface area contributed by atoms with Crippen LogP contribution in [0.15, 0.2) is 54.7 Å². The third-order valence-corrected chi connectivity index (χ3v) is 3.97. The van der Waals surface area contributed by atoms with Gasteiger partial charge in [-0.25, -0.2) is 4.39 Å². The molecule has 23 heavy (non-hydrogen) atoms. The van der Waals surface area contributed by atoms with Gasteiger partial charge in [-0.1, -0.05) is 36.4 Å². The van der Waals surface area contributed by atoms with Crippen molar-refractivity contribution >= 4 is 16.8 Å². The van der Waals surface area contributed by atoms with E-state index in [2.05, 4.69) is 16.4 Å². The van der Waals surface area contributed by atoms with Gasteiger partial charge in [0.15, 0.2) is 0 Å². The van der Waals surface area contributed by atoms with Crippen molar-refractivity contribution in [2.75, 3.05) is 6.54 Å². The molecule has 0 spiro atoms. The van der Waals surface area contributed by atoms with Crippen molar-refractivity contribution in [1.82, 2.24) is 10.3 Å². The van der Waals surface area contributed by atoms with Crippen LogP contribution in [-0.2, 0) is 17.6 Å². The number of carbonyl (C=O) groups excluding carboxylic acids is 1. The number of aromatic amines is 1. The molecular formula is C19H19FN2O. The molecule has 0 aliphatic carbocycles. The molecule has 0 atom stereocenters. The lowest BCUT2D eigenvalue weighted by Crippen LogP contribution is -2.26. The topological polar surface area (TPSA) is 44.9 Å². The molecule has 4 heteroatoms. The summed E-state index contributed by atoms with van der Waals surface area (Å²) in [7, 11) is 0. The lowest BCUT2D eigenvalue weighted by atomic mass is 10.1. The van der Waals surface area contributed by atoms with Gasteiger partial charge in [0.1, 0.15) is 5.82 Å². The van der Waals surface area contributed by atoms with Crippen molar-refractivity contribution in [3.05, 3.63) is 71.7 Å². The highest BCUT2D eigenvalue weighted by atomic mass is 19.1. The van der Waals surface area contributed by atoms with Crippen LogP contribution >= 0.6 is 0 Å². The molecule has 0 fully saturated rings. The number of benzene rings is 2. The molecule has 0 bridgehead atoms. The molecule has 0 unspecified atom stereocenters. The van der Waals surface area contributed by atoms with Crippen LogP contribution in [0.25, 0.3) is 10.9 Å². The smallest absolute Gasteiger partial charge is 0.220 e. The Kier molecular flexibility index (Phi) is 4.71. The number of amides is 1. The Balaban J connectivity index is 1.47. The Morgan fingerprint density at radius 1 is 1.00 bits per heavy atom. The van der Waals surface area contributed by atoms with Crippen LogP contribution in [0.5, 0.6) is 0 Å². The molecule has 2 N–H and O–H groups in total. The van der Waals surface area contributed by atoms with E-state index in [0.717, 1.165) is 16.5 Å². The fourth-order valence-electron chi connectivity index (χ4n) is 2.71. The zero-order valence-electron chi connectivity index (χ0n) is 12.8. The van der Waals surface area contributed by atoms with Crippen molar-refractivity contribution in [2.45, 2.75) is 19.3 Å². The lowest BCUT2D eigenvalue weighted by molar-refractivity contribution is -0.121. The van der Waals surface area contributed by atoms with Crippen molar-refractivity contribution in [1.29, 1.82) is 0 Å². The maximum absolute atomic E-state index is 13.5. The summed E-state index contributed by atoms with van der Waals surface area (Å²) in [6, 6.07) is 14.7. The molecule has 0 radical (unpaired) electrons. The van der Waals surface area contributed by atoms with Crippen molar-refractivity contribution in [2.24, 2.45) is 0 Å². The van der Waals surface area contributed by atoms with E-state index in [1.54, 1.807) is 18.2 Å². The van der Waals surface area contributed by atoms with Crippen LogP contribution in [0.3, 0.4) is 0 Å². The summed E-state index contributed by atoms with van der Waals surface area (Å²) in [5.74, 6) is -0.229. The Morgan fingerprint density at radius 3 is 2.65 bits per heavy atom. The minimum atomic E-state index is -0.222. The second-order valence-electron chi connectivity index (χ2n) is 5.55. The van der Waals surface area contributed by atoms with E-state index in [1.165, 1.54) is 6.07 Å². The highest BCUT2D eigenvalue weighted by molar-refractivity contribution is 5.84. The third kappa shape index (κ3) is 3.77. The molecule has 3 aromatic rings. The van der Waals surface area contributed by atoms with Crippen LogP contribution in [0.1, 0.15) is 17.5 Å². The predicted octanol–water partition coefficient (Wildman–Crippen LogP) is 3.60. The highest BCUT2D eigenvalue weighted by Gasteiger charge is 2.07. The zero-order valence-corrected chi connectivity index (χ0v) is 12.8. The first-order chi connectivity index (χ1) is 11.2. The molecule has 2 aromatic carbocycles. The van der Waals surface area contributed by atoms with E-state index in [4.69, 9.17) is 0 Å². The fourth-order valence-corrected chi connectivity index (χ4v) is 2.71. The van der Waals surface area contributed by atoms with Gasteiger partial charge in [-0.15, -0.1) is 0 Å². The SMILES string of the molecule is O=C(CCc1c[nH]c2ccccc12)NCCc1ccccc1F. The van der Waals surface area contributed by atoms with E-state index < -0.39 is 0 Å². The number of aromatic nitrogens is 1. The average Bonchev–Trinajstić information content (AvgIpc) is 2.98. The Bertz CT molecular complexity index is 810. The Hall–Kier alpha value is -2.62. The van der Waals surface area contributed by atoms with Crippen LogP contribution < -0.4 is 5.32 Å². The largest absolute Gasteiger partial charge is 0.361 e. The number of hydrogen-bond donors (Lipinski definition) is 2. The van der Waals surface area contributed by atoms with Crippen LogP contribution in [0.2, 0.25) is 0 Å². The van der Waals surface area contributed by atoms with Gasteiger partial charge in [-0.05, 0) is 36.1 Å². The van der Waals surface area contributed by atoms with Crippen LogP contribution in [0, 0.1) is 5.82 Å². The summed E-state index contributed by atoms with van der Waals surface area (Å²) < 4.78 is 13.5. The van der Waals surface area contributed by atoms with E-state index >= 15 is 0 Å². The summed E-state index contributed by atoms with van der Waals surface area (Å²) in [5, 5.41) is 4.01. The van der Waals surface area contributed by atoms with Gasteiger partial charge in [0.2, 0.25) is 5.91 Å². The molecule has 118 valence electrons. The van der Waals surface area contributed by atoms with E-state index in [-0.39, 0.29) is 11.7 Å². The second-order valence-corrected chi connectivity index (χ2v) is 5.55. The number of rotatable bonds is 6. The third-order valence-electron chi connectivity index (χ3n) is 3.97. The first-order valence-electron chi connectivity index (χ1n) is 7.79. The Labute approximate surface area is 134 Å². The van der Waals surface area contributed by atoms with Gasteiger partial charge >= 0.3 is 0 Å². The van der Waals surface area contributed by atoms with Crippen molar-refractivity contribution in [3.63, 3.8) is 0 Å². The van der Waals surface area contributed by atoms with E-state index in [9.17, 15) is 9.18 Å². The molecule has 0 saturated heterocycles. The van der Waals surface area contributed by atoms with Crippen LogP contribution in [-0.4, -0.2) is 17.4 Å². The number of aryl methyl sites for hydroxylation is 1. The molecule has 1 aromatic heterocycles. The number of hydrogen-bond acceptors (Lipinski definition) is 1. The number of fused-ring (bicyclic) bond motifs is 1. The van der Waals surface area contributed by atoms with Crippen LogP contribution in [0.4, 0.5) is 4.39 Å². The summed E-state index contributed by atoms with van der Waals surface area (Å²) in [6.07, 6.45) is 3.58. The molecule has 0 aliphatic rings. The summed E-state index contributed by atoms with van der Waals surface area (Å²) in [5.41, 5.74) is 2.86. The van der Waals surface area contributed by atoms with Gasteiger partial charge in [0.25, 0.3) is 0 Å². The first-order valence-corrected chi connectivity index (χ1v) is 7.79. The summed E-state index contributed by atoms with van der Waals surface area (Å²) >= 11 is 0. The van der Waals surface area contributed by atoms with E-state index in [1.807, 2.05) is 24.4 Å². The molecule has 0 aliphatic heterocycles. The maximum atomic E-state index is 13.5. The lowest BCUT2D eigenvalue weighted by Gasteiger charge is -2.06. The maximum Gasteiger partial charge on any atom is 0.220 e. The average molecular weight is 310 g/mol. The summed E-state index contributed by atoms with van der Waals surface area (Å²) in [6.45, 7) is 0.452. The molecular weight excluding hydrogens is 291 g/mol. The van der Waals surface area contributed by atoms with Gasteiger partial charge in [0.05, 0.1) is 0 Å². The van der Waals surface area contributed by atoms with Crippen molar-refractivity contribution in [3.8, 4) is 0 Å². The van der Waals surface area contributed by atoms with Gasteiger partial charge in [0, 0.05) is 30.1 Å². The summed E-state index contributed by atoms with van der Waals surface area (Å²) in [4.78, 5) is 15.1. The normalized spacial score (nSPS) is 10.8. The predicted molar refractivity (Wildman–Crippen MR) is 89.7 cm³/mol. The number of carbonyl (C=O) groups is 1. The number of H-pyrrole nitrogens is 1. The molecule has 0 saturated carbocycles. The Morgan fingerprint density at radius 2 is 1.78 bits per heavy atom. The molecule has 1 amide bonds.